The molecule has 168 valence electrons. The average Bonchev–Trinajstić information content (AvgIpc) is 3.13. The molecule has 0 bridgehead atoms. The van der Waals surface area contributed by atoms with Gasteiger partial charge >= 0.3 is 0 Å². The minimum Gasteiger partial charge on any atom is -0.369 e. The number of aromatic nitrogens is 1. The number of nitrogens with one attached hydrogen (secondary N) is 1. The molecule has 8 heteroatoms. The maximum absolute atomic E-state index is 14.6. The fourth-order valence-electron chi connectivity index (χ4n) is 4.62. The van der Waals surface area contributed by atoms with Crippen molar-refractivity contribution in [3.8, 4) is 11.1 Å². The Morgan fingerprint density at radius 1 is 1.22 bits per heavy atom. The highest BCUT2D eigenvalue weighted by molar-refractivity contribution is 6.01. The van der Waals surface area contributed by atoms with E-state index in [2.05, 4.69) is 4.98 Å². The number of carbonyl (C=O) groups excluding carboxylic acids is 2. The van der Waals surface area contributed by atoms with Gasteiger partial charge in [-0.15, -0.1) is 0 Å². The molecule has 32 heavy (non-hydrogen) atoms. The molecule has 0 radical (unpaired) electrons. The molecule has 0 fully saturated rings. The van der Waals surface area contributed by atoms with Crippen molar-refractivity contribution in [1.82, 2.24) is 10.0 Å². The van der Waals surface area contributed by atoms with Crippen molar-refractivity contribution < 1.29 is 23.2 Å². The molecule has 1 aliphatic rings. The number of aryl methyl sites for hydroxylation is 1. The molecule has 1 atom stereocenters. The summed E-state index contributed by atoms with van der Waals surface area (Å²) in [5.74, 6) is -1.79. The van der Waals surface area contributed by atoms with Crippen molar-refractivity contribution in [2.24, 2.45) is 11.7 Å². The molecule has 1 aromatic heterocycles. The second-order valence-electron chi connectivity index (χ2n) is 8.23. The SMILES string of the molecule is CON(C)C(=O)CC1CCc2c([nH]c3c(CC(N)=O)ccc(-c4c(F)cccc4F)c23)C1. The van der Waals surface area contributed by atoms with Gasteiger partial charge < -0.3 is 10.7 Å². The van der Waals surface area contributed by atoms with E-state index in [1.807, 2.05) is 0 Å². The zero-order valence-corrected chi connectivity index (χ0v) is 18.0. The van der Waals surface area contributed by atoms with Crippen LogP contribution in [0.3, 0.4) is 0 Å². The first kappa shape index (κ1) is 22.0. The van der Waals surface area contributed by atoms with E-state index in [0.717, 1.165) is 17.7 Å². The van der Waals surface area contributed by atoms with E-state index in [9.17, 15) is 18.4 Å². The van der Waals surface area contributed by atoms with E-state index in [1.165, 1.54) is 30.4 Å². The van der Waals surface area contributed by atoms with E-state index in [-0.39, 0.29) is 23.8 Å². The third-order valence-electron chi connectivity index (χ3n) is 6.21. The quantitative estimate of drug-likeness (QED) is 0.573. The molecule has 2 amide bonds. The Bertz CT molecular complexity index is 1180. The highest BCUT2D eigenvalue weighted by atomic mass is 19.1. The summed E-state index contributed by atoms with van der Waals surface area (Å²) in [7, 11) is 3.02. The molecular formula is C24H25F2N3O3. The van der Waals surface area contributed by atoms with E-state index in [0.29, 0.717) is 41.3 Å². The predicted molar refractivity (Wildman–Crippen MR) is 116 cm³/mol. The summed E-state index contributed by atoms with van der Waals surface area (Å²) in [4.78, 5) is 32.2. The highest BCUT2D eigenvalue weighted by Gasteiger charge is 2.28. The number of hydroxylamine groups is 2. The molecule has 0 spiro atoms. The van der Waals surface area contributed by atoms with Crippen LogP contribution in [-0.2, 0) is 33.7 Å². The fraction of sp³-hybridized carbons (Fsp3) is 0.333. The van der Waals surface area contributed by atoms with Crippen LogP contribution in [0.15, 0.2) is 30.3 Å². The largest absolute Gasteiger partial charge is 0.369 e. The molecular weight excluding hydrogens is 416 g/mol. The maximum Gasteiger partial charge on any atom is 0.246 e. The Kier molecular flexibility index (Phi) is 5.97. The molecule has 3 aromatic rings. The Morgan fingerprint density at radius 2 is 1.94 bits per heavy atom. The van der Waals surface area contributed by atoms with Crippen molar-refractivity contribution >= 4 is 22.7 Å². The van der Waals surface area contributed by atoms with Crippen molar-refractivity contribution in [3.05, 3.63) is 58.8 Å². The van der Waals surface area contributed by atoms with Crippen LogP contribution in [0.4, 0.5) is 8.78 Å². The molecule has 4 rings (SSSR count). The predicted octanol–water partition coefficient (Wildman–Crippen LogP) is 3.66. The van der Waals surface area contributed by atoms with Gasteiger partial charge in [0.15, 0.2) is 0 Å². The number of carbonyl (C=O) groups is 2. The van der Waals surface area contributed by atoms with Gasteiger partial charge in [0.05, 0.1) is 24.6 Å². The highest BCUT2D eigenvalue weighted by Crippen LogP contribution is 2.41. The minimum atomic E-state index is -0.647. The Hall–Kier alpha value is -3.26. The number of nitrogens with zero attached hydrogens (tertiary/aromatic N) is 1. The normalized spacial score (nSPS) is 15.6. The first-order valence-electron chi connectivity index (χ1n) is 10.5. The topological polar surface area (TPSA) is 88.4 Å². The van der Waals surface area contributed by atoms with Crippen LogP contribution >= 0.6 is 0 Å². The number of hydrogen-bond acceptors (Lipinski definition) is 3. The van der Waals surface area contributed by atoms with Gasteiger partial charge in [-0.1, -0.05) is 18.2 Å². The lowest BCUT2D eigenvalue weighted by Crippen LogP contribution is -2.29. The third kappa shape index (κ3) is 3.98. The lowest BCUT2D eigenvalue weighted by atomic mass is 9.83. The summed E-state index contributed by atoms with van der Waals surface area (Å²) < 4.78 is 29.3. The van der Waals surface area contributed by atoms with E-state index in [4.69, 9.17) is 10.6 Å². The van der Waals surface area contributed by atoms with Gasteiger partial charge in [0.2, 0.25) is 11.8 Å². The smallest absolute Gasteiger partial charge is 0.246 e. The van der Waals surface area contributed by atoms with Gasteiger partial charge in [-0.3, -0.25) is 14.4 Å². The molecule has 0 aliphatic heterocycles. The molecule has 0 saturated heterocycles. The first-order chi connectivity index (χ1) is 15.3. The van der Waals surface area contributed by atoms with Gasteiger partial charge in [-0.25, -0.2) is 13.8 Å². The number of halogens is 2. The number of aromatic amines is 1. The number of primary amides is 1. The molecule has 0 saturated carbocycles. The fourth-order valence-corrected chi connectivity index (χ4v) is 4.62. The summed E-state index contributed by atoms with van der Waals surface area (Å²) in [5.41, 5.74) is 8.99. The van der Waals surface area contributed by atoms with Crippen LogP contribution in [0, 0.1) is 17.6 Å². The van der Waals surface area contributed by atoms with Crippen LogP contribution in [0.25, 0.3) is 22.0 Å². The summed E-state index contributed by atoms with van der Waals surface area (Å²) in [6, 6.07) is 7.13. The van der Waals surface area contributed by atoms with Crippen molar-refractivity contribution in [2.45, 2.75) is 32.1 Å². The van der Waals surface area contributed by atoms with Crippen molar-refractivity contribution in [2.75, 3.05) is 14.2 Å². The number of amides is 2. The second kappa shape index (κ2) is 8.70. The molecule has 1 heterocycles. The van der Waals surface area contributed by atoms with Gasteiger partial charge in [-0.2, -0.15) is 0 Å². The molecule has 1 aliphatic carbocycles. The first-order valence-corrected chi connectivity index (χ1v) is 10.5. The number of fused-ring (bicyclic) bond motifs is 3. The third-order valence-corrected chi connectivity index (χ3v) is 6.21. The van der Waals surface area contributed by atoms with Crippen LogP contribution < -0.4 is 5.73 Å². The number of hydrogen-bond donors (Lipinski definition) is 2. The Morgan fingerprint density at radius 3 is 2.59 bits per heavy atom. The van der Waals surface area contributed by atoms with Gasteiger partial charge in [0, 0.05) is 24.5 Å². The lowest BCUT2D eigenvalue weighted by molar-refractivity contribution is -0.169. The summed E-state index contributed by atoms with van der Waals surface area (Å²) >= 11 is 0. The summed E-state index contributed by atoms with van der Waals surface area (Å²) in [5, 5.41) is 1.92. The van der Waals surface area contributed by atoms with Crippen molar-refractivity contribution in [1.29, 1.82) is 0 Å². The number of H-pyrrole nitrogens is 1. The van der Waals surface area contributed by atoms with Gasteiger partial charge in [0.1, 0.15) is 11.6 Å². The summed E-state index contributed by atoms with van der Waals surface area (Å²) in [6.07, 6.45) is 2.36. The van der Waals surface area contributed by atoms with E-state index >= 15 is 0 Å². The van der Waals surface area contributed by atoms with E-state index in [1.54, 1.807) is 19.2 Å². The molecule has 1 unspecified atom stereocenters. The standard InChI is InChI=1S/C24H25F2N3O3/c1-29(32-2)21(31)11-13-6-8-15-19(10-13)28-24-14(12-20(27)30)7-9-16(22(15)24)23-17(25)4-3-5-18(23)26/h3-5,7,9,13,28H,6,8,10-12H2,1-2H3,(H2,27,30). The molecule has 6 nitrogen and oxygen atoms in total. The van der Waals surface area contributed by atoms with Crippen LogP contribution in [0.5, 0.6) is 0 Å². The number of nitrogens with two attached hydrogens (primary N) is 1. The minimum absolute atomic E-state index is 0.0104. The number of benzene rings is 2. The van der Waals surface area contributed by atoms with E-state index < -0.39 is 17.5 Å². The molecule has 3 N–H and O–H groups in total. The number of rotatable bonds is 6. The van der Waals surface area contributed by atoms with Crippen molar-refractivity contribution in [3.63, 3.8) is 0 Å². The average molecular weight is 441 g/mol. The second-order valence-corrected chi connectivity index (χ2v) is 8.23. The monoisotopic (exact) mass is 441 g/mol. The zero-order chi connectivity index (χ0) is 23.0. The zero-order valence-electron chi connectivity index (χ0n) is 18.0. The van der Waals surface area contributed by atoms with Gasteiger partial charge in [-0.05, 0) is 54.0 Å². The maximum atomic E-state index is 14.6. The van der Waals surface area contributed by atoms with Crippen LogP contribution in [0.2, 0.25) is 0 Å². The lowest BCUT2D eigenvalue weighted by Gasteiger charge is -2.24. The molecule has 2 aromatic carbocycles. The van der Waals surface area contributed by atoms with Crippen LogP contribution in [-0.4, -0.2) is 36.0 Å². The summed E-state index contributed by atoms with van der Waals surface area (Å²) in [6.45, 7) is 0. The Labute approximate surface area is 184 Å². The Balaban J connectivity index is 1.82. The van der Waals surface area contributed by atoms with Crippen LogP contribution in [0.1, 0.15) is 29.7 Å². The van der Waals surface area contributed by atoms with Gasteiger partial charge in [0.25, 0.3) is 0 Å².